The number of hydrogen-bond acceptors (Lipinski definition) is 4. The fourth-order valence-electron chi connectivity index (χ4n) is 5.12. The van der Waals surface area contributed by atoms with E-state index in [1.807, 2.05) is 49.4 Å². The van der Waals surface area contributed by atoms with Crippen LogP contribution < -0.4 is 4.90 Å². The first-order chi connectivity index (χ1) is 16.4. The lowest BCUT2D eigenvalue weighted by atomic mass is 9.80. The Balaban J connectivity index is 0.000000398. The highest BCUT2D eigenvalue weighted by Gasteiger charge is 2.38. The second kappa shape index (κ2) is 11.2. The van der Waals surface area contributed by atoms with E-state index in [-0.39, 0.29) is 18.4 Å². The van der Waals surface area contributed by atoms with Crippen molar-refractivity contribution in [1.29, 1.82) is 0 Å². The lowest BCUT2D eigenvalue weighted by molar-refractivity contribution is 0.0410. The van der Waals surface area contributed by atoms with Crippen molar-refractivity contribution < 1.29 is 17.5 Å². The van der Waals surface area contributed by atoms with E-state index in [1.165, 1.54) is 4.31 Å². The van der Waals surface area contributed by atoms with Crippen LogP contribution in [0.15, 0.2) is 54.6 Å². The second-order valence-corrected chi connectivity index (χ2v) is 12.2. The molecule has 0 bridgehead atoms. The largest absolute Gasteiger partial charge is 0.381 e. The molecule has 7 heteroatoms. The van der Waals surface area contributed by atoms with Crippen LogP contribution >= 0.6 is 0 Å². The molecular weight excluding hydrogens is 451 g/mol. The van der Waals surface area contributed by atoms with Gasteiger partial charge in [-0.25, -0.2) is 12.8 Å². The molecule has 34 heavy (non-hydrogen) atoms. The molecule has 0 spiro atoms. The van der Waals surface area contributed by atoms with E-state index in [0.29, 0.717) is 17.9 Å². The molecule has 0 amide bonds. The molecule has 3 aliphatic heterocycles. The summed E-state index contributed by atoms with van der Waals surface area (Å²) in [4.78, 5) is 2.22. The monoisotopic (exact) mass is 488 g/mol. The van der Waals surface area contributed by atoms with Crippen LogP contribution in [0.5, 0.6) is 0 Å². The van der Waals surface area contributed by atoms with Crippen LogP contribution in [0.2, 0.25) is 0 Å². The molecule has 0 saturated carbocycles. The van der Waals surface area contributed by atoms with Gasteiger partial charge in [-0.2, -0.15) is 4.31 Å². The number of anilines is 1. The van der Waals surface area contributed by atoms with Crippen LogP contribution in [-0.4, -0.2) is 50.3 Å². The fraction of sp³-hybridized carbons (Fsp3) is 0.556. The van der Waals surface area contributed by atoms with Gasteiger partial charge in [-0.1, -0.05) is 42.5 Å². The molecule has 2 atom stereocenters. The maximum atomic E-state index is 14.8. The Kier molecular flexibility index (Phi) is 8.27. The summed E-state index contributed by atoms with van der Waals surface area (Å²) < 4.78 is 47.0. The number of sulfonamides is 1. The van der Waals surface area contributed by atoms with Crippen molar-refractivity contribution in [2.24, 2.45) is 11.8 Å². The van der Waals surface area contributed by atoms with E-state index in [4.69, 9.17) is 4.74 Å². The number of nitrogens with zero attached hydrogens (tertiary/aromatic N) is 2. The van der Waals surface area contributed by atoms with Crippen LogP contribution in [0.25, 0.3) is 0 Å². The number of halogens is 1. The number of benzene rings is 2. The summed E-state index contributed by atoms with van der Waals surface area (Å²) in [6.07, 6.45) is 3.76. The second-order valence-electron chi connectivity index (χ2n) is 9.87. The number of rotatable bonds is 4. The van der Waals surface area contributed by atoms with E-state index >= 15 is 0 Å². The van der Waals surface area contributed by atoms with Crippen molar-refractivity contribution in [3.63, 3.8) is 0 Å². The molecule has 3 heterocycles. The molecule has 186 valence electrons. The Morgan fingerprint density at radius 3 is 2.12 bits per heavy atom. The molecule has 1 unspecified atom stereocenters. The molecule has 0 N–H and O–H groups in total. The van der Waals surface area contributed by atoms with Gasteiger partial charge in [0.25, 0.3) is 0 Å². The van der Waals surface area contributed by atoms with Crippen molar-refractivity contribution in [1.82, 2.24) is 4.31 Å². The molecular formula is C27H37FN2O3S. The van der Waals surface area contributed by atoms with Crippen molar-refractivity contribution >= 4 is 15.7 Å². The quantitative estimate of drug-likeness (QED) is 0.602. The average molecular weight is 489 g/mol. The molecule has 2 aromatic rings. The van der Waals surface area contributed by atoms with Gasteiger partial charge in [0.1, 0.15) is 5.82 Å². The van der Waals surface area contributed by atoms with Gasteiger partial charge in [0.2, 0.25) is 10.0 Å². The Morgan fingerprint density at radius 2 is 1.53 bits per heavy atom. The minimum absolute atomic E-state index is 0.0871. The standard InChI is InChI=1S/C21H31FN2O3S.C6H6/c1-15-3-4-16(2)28(25,26)24(15)14-18-5-6-20(11-21(18)22)23-12-19(13-23)17-7-9-27-10-8-17;1-2-4-6-5-3-1/h5-6,11,15-17,19H,3-4,7-10,12-14H2,1-2H3;1-6H/t15-,16?;/m0./s1. The molecule has 3 aliphatic rings. The molecule has 0 aliphatic carbocycles. The Hall–Kier alpha value is -1.96. The van der Waals surface area contributed by atoms with Crippen LogP contribution in [0.4, 0.5) is 10.1 Å². The summed E-state index contributed by atoms with van der Waals surface area (Å²) in [6, 6.07) is 17.2. The van der Waals surface area contributed by atoms with Crippen molar-refractivity contribution in [2.45, 2.75) is 57.4 Å². The summed E-state index contributed by atoms with van der Waals surface area (Å²) in [5.41, 5.74) is 1.35. The topological polar surface area (TPSA) is 49.9 Å². The van der Waals surface area contributed by atoms with Crippen molar-refractivity contribution in [3.8, 4) is 0 Å². The van der Waals surface area contributed by atoms with Crippen LogP contribution in [0.3, 0.4) is 0 Å². The smallest absolute Gasteiger partial charge is 0.217 e. The average Bonchev–Trinajstić information content (AvgIpc) is 2.82. The van der Waals surface area contributed by atoms with Crippen LogP contribution in [-0.2, 0) is 21.3 Å². The summed E-state index contributed by atoms with van der Waals surface area (Å²) >= 11 is 0. The van der Waals surface area contributed by atoms with Gasteiger partial charge in [-0.3, -0.25) is 0 Å². The van der Waals surface area contributed by atoms with E-state index in [1.54, 1.807) is 19.1 Å². The Labute approximate surface area is 204 Å². The van der Waals surface area contributed by atoms with Gasteiger partial charge >= 0.3 is 0 Å². The minimum Gasteiger partial charge on any atom is -0.381 e. The highest BCUT2D eigenvalue weighted by atomic mass is 32.2. The van der Waals surface area contributed by atoms with Gasteiger partial charge in [0.15, 0.2) is 0 Å². The third-order valence-corrected chi connectivity index (χ3v) is 9.95. The number of hydrogen-bond donors (Lipinski definition) is 0. The first-order valence-electron chi connectivity index (χ1n) is 12.5. The maximum Gasteiger partial charge on any atom is 0.217 e. The molecule has 5 nitrogen and oxygen atoms in total. The normalized spacial score (nSPS) is 25.8. The zero-order chi connectivity index (χ0) is 24.1. The highest BCUT2D eigenvalue weighted by molar-refractivity contribution is 7.89. The van der Waals surface area contributed by atoms with Gasteiger partial charge in [0, 0.05) is 50.1 Å². The first-order valence-corrected chi connectivity index (χ1v) is 14.0. The van der Waals surface area contributed by atoms with Gasteiger partial charge in [-0.15, -0.1) is 0 Å². The third kappa shape index (κ3) is 5.81. The van der Waals surface area contributed by atoms with Crippen molar-refractivity contribution in [3.05, 3.63) is 66.0 Å². The van der Waals surface area contributed by atoms with E-state index < -0.39 is 15.3 Å². The predicted octanol–water partition coefficient (Wildman–Crippen LogP) is 5.08. The van der Waals surface area contributed by atoms with E-state index in [2.05, 4.69) is 4.90 Å². The first kappa shape index (κ1) is 25.1. The molecule has 3 fully saturated rings. The van der Waals surface area contributed by atoms with Gasteiger partial charge < -0.3 is 9.64 Å². The van der Waals surface area contributed by atoms with Crippen LogP contribution in [0, 0.1) is 17.7 Å². The lowest BCUT2D eigenvalue weighted by Crippen LogP contribution is -2.51. The maximum absolute atomic E-state index is 14.8. The summed E-state index contributed by atoms with van der Waals surface area (Å²) in [5, 5.41) is -0.394. The van der Waals surface area contributed by atoms with Crippen LogP contribution in [0.1, 0.15) is 45.1 Å². The summed E-state index contributed by atoms with van der Waals surface area (Å²) in [5.74, 6) is 1.09. The molecule has 0 radical (unpaired) electrons. The van der Waals surface area contributed by atoms with Crippen molar-refractivity contribution in [2.75, 3.05) is 31.2 Å². The molecule has 3 saturated heterocycles. The SMILES string of the molecule is CC1CC[C@H](C)N(Cc2ccc(N3CC(C4CCOCC4)C3)cc2F)S1(=O)=O.c1ccccc1. The summed E-state index contributed by atoms with van der Waals surface area (Å²) in [6.45, 7) is 7.43. The Morgan fingerprint density at radius 1 is 0.912 bits per heavy atom. The fourth-order valence-corrected chi connectivity index (χ4v) is 6.94. The Bertz CT molecular complexity index is 995. The van der Waals surface area contributed by atoms with E-state index in [0.717, 1.165) is 57.2 Å². The highest BCUT2D eigenvalue weighted by Crippen LogP contribution is 2.35. The minimum atomic E-state index is -3.36. The zero-order valence-electron chi connectivity index (χ0n) is 20.3. The molecule has 2 aromatic carbocycles. The molecule has 0 aromatic heterocycles. The lowest BCUT2D eigenvalue weighted by Gasteiger charge is -2.46. The molecule has 5 rings (SSSR count). The number of ether oxygens (including phenoxy) is 1. The van der Waals surface area contributed by atoms with E-state index in [9.17, 15) is 12.8 Å². The van der Waals surface area contributed by atoms with Gasteiger partial charge in [-0.05, 0) is 63.5 Å². The summed E-state index contributed by atoms with van der Waals surface area (Å²) in [7, 11) is -3.36. The van der Waals surface area contributed by atoms with Gasteiger partial charge in [0.05, 0.1) is 5.25 Å². The third-order valence-electron chi connectivity index (χ3n) is 7.55. The zero-order valence-corrected chi connectivity index (χ0v) is 21.1. The predicted molar refractivity (Wildman–Crippen MR) is 135 cm³/mol.